The molecule has 0 unspecified atom stereocenters. The summed E-state index contributed by atoms with van der Waals surface area (Å²) in [6, 6.07) is 0. The van der Waals surface area contributed by atoms with Gasteiger partial charge in [-0.05, 0) is 0 Å². The summed E-state index contributed by atoms with van der Waals surface area (Å²) in [7, 11) is 1.67. The first-order valence-electron chi connectivity index (χ1n) is 4.34. The molecule has 0 aromatic rings. The molecule has 0 radical (unpaired) electrons. The first-order chi connectivity index (χ1) is 6.24. The van der Waals surface area contributed by atoms with Crippen molar-refractivity contribution in [2.24, 2.45) is 0 Å². The van der Waals surface area contributed by atoms with Gasteiger partial charge < -0.3 is 9.84 Å². The molecule has 13 heavy (non-hydrogen) atoms. The van der Waals surface area contributed by atoms with E-state index in [1.54, 1.807) is 7.11 Å². The summed E-state index contributed by atoms with van der Waals surface area (Å²) < 4.78 is 4.96. The summed E-state index contributed by atoms with van der Waals surface area (Å²) in [6.07, 6.45) is 0. The van der Waals surface area contributed by atoms with Crippen LogP contribution in [0.5, 0.6) is 0 Å². The lowest BCUT2D eigenvalue weighted by atomic mass is 10.3. The van der Waals surface area contributed by atoms with Crippen LogP contribution in [0.25, 0.3) is 0 Å². The van der Waals surface area contributed by atoms with Crippen LogP contribution < -0.4 is 0 Å². The molecule has 0 aliphatic carbocycles. The van der Waals surface area contributed by atoms with Crippen LogP contribution in [0.2, 0.25) is 0 Å². The number of hydrogen-bond donors (Lipinski definition) is 2. The fourth-order valence-corrected chi connectivity index (χ4v) is 1.10. The molecule has 1 N–H and O–H groups in total. The Balaban J connectivity index is 3.71. The van der Waals surface area contributed by atoms with Crippen molar-refractivity contribution in [3.63, 3.8) is 0 Å². The highest BCUT2D eigenvalue weighted by Gasteiger charge is 2.04. The minimum atomic E-state index is 0.170. The Morgan fingerprint density at radius 1 is 1.54 bits per heavy atom. The van der Waals surface area contributed by atoms with Crippen LogP contribution in [-0.2, 0) is 4.74 Å². The Hall–Kier alpha value is -0.0300. The smallest absolute Gasteiger partial charge is 0.0589 e. The Morgan fingerprint density at radius 3 is 2.69 bits per heavy atom. The summed E-state index contributed by atoms with van der Waals surface area (Å²) in [6.45, 7) is 6.98. The van der Waals surface area contributed by atoms with Crippen molar-refractivity contribution in [2.75, 3.05) is 45.7 Å². The SMILES string of the molecule is C=C(CS)CN(CCO)CCOC. The standard InChI is InChI=1S/C9H19NO2S/c1-9(8-13)7-10(3-5-11)4-6-12-2/h11,13H,1,3-8H2,2H3. The maximum absolute atomic E-state index is 8.79. The fourth-order valence-electron chi connectivity index (χ4n) is 0.998. The first-order valence-corrected chi connectivity index (χ1v) is 4.97. The van der Waals surface area contributed by atoms with E-state index in [1.807, 2.05) is 0 Å². The maximum Gasteiger partial charge on any atom is 0.0589 e. The average molecular weight is 205 g/mol. The van der Waals surface area contributed by atoms with Gasteiger partial charge in [0.25, 0.3) is 0 Å². The molecule has 0 atom stereocenters. The van der Waals surface area contributed by atoms with Gasteiger partial charge in [0.05, 0.1) is 13.2 Å². The third-order valence-corrected chi connectivity index (χ3v) is 2.15. The zero-order valence-electron chi connectivity index (χ0n) is 8.20. The lowest BCUT2D eigenvalue weighted by Gasteiger charge is -2.21. The van der Waals surface area contributed by atoms with E-state index in [2.05, 4.69) is 24.1 Å². The van der Waals surface area contributed by atoms with Crippen LogP contribution >= 0.6 is 12.6 Å². The number of thiol groups is 1. The molecule has 0 saturated heterocycles. The van der Waals surface area contributed by atoms with Gasteiger partial charge in [0.15, 0.2) is 0 Å². The van der Waals surface area contributed by atoms with Gasteiger partial charge in [-0.2, -0.15) is 12.6 Å². The van der Waals surface area contributed by atoms with Gasteiger partial charge in [-0.15, -0.1) is 0 Å². The fraction of sp³-hybridized carbons (Fsp3) is 0.778. The largest absolute Gasteiger partial charge is 0.395 e. The van der Waals surface area contributed by atoms with Gasteiger partial charge in [-0.1, -0.05) is 12.2 Å². The number of methoxy groups -OCH3 is 1. The lowest BCUT2D eigenvalue weighted by molar-refractivity contribution is 0.137. The first kappa shape index (κ1) is 13.0. The predicted octanol–water partition coefficient (Wildman–Crippen LogP) is 0.413. The van der Waals surface area contributed by atoms with E-state index < -0.39 is 0 Å². The molecule has 0 aromatic heterocycles. The molecule has 0 rings (SSSR count). The summed E-state index contributed by atoms with van der Waals surface area (Å²) in [5, 5.41) is 8.79. The molecule has 3 nitrogen and oxygen atoms in total. The Kier molecular flexibility index (Phi) is 8.54. The van der Waals surface area contributed by atoms with Gasteiger partial charge in [0.1, 0.15) is 0 Å². The van der Waals surface area contributed by atoms with Crippen LogP contribution in [0.3, 0.4) is 0 Å². The van der Waals surface area contributed by atoms with Crippen LogP contribution in [0.1, 0.15) is 0 Å². The second-order valence-corrected chi connectivity index (χ2v) is 3.22. The molecule has 0 fully saturated rings. The number of nitrogens with zero attached hydrogens (tertiary/aromatic N) is 1. The minimum Gasteiger partial charge on any atom is -0.395 e. The molecule has 0 aliphatic rings. The van der Waals surface area contributed by atoms with Crippen molar-refractivity contribution < 1.29 is 9.84 Å². The molecule has 4 heteroatoms. The molecule has 0 heterocycles. The van der Waals surface area contributed by atoms with Gasteiger partial charge in [0.2, 0.25) is 0 Å². The molecule has 0 aromatic carbocycles. The number of ether oxygens (including phenoxy) is 1. The van der Waals surface area contributed by atoms with E-state index in [0.717, 1.165) is 18.7 Å². The molecule has 78 valence electrons. The number of rotatable bonds is 8. The Morgan fingerprint density at radius 2 is 2.23 bits per heavy atom. The summed E-state index contributed by atoms with van der Waals surface area (Å²) in [5.41, 5.74) is 1.06. The zero-order valence-corrected chi connectivity index (χ0v) is 9.09. The van der Waals surface area contributed by atoms with E-state index in [9.17, 15) is 0 Å². The number of hydrogen-bond acceptors (Lipinski definition) is 4. The summed E-state index contributed by atoms with van der Waals surface area (Å²) in [4.78, 5) is 2.10. The van der Waals surface area contributed by atoms with Crippen molar-refractivity contribution in [3.8, 4) is 0 Å². The maximum atomic E-state index is 8.79. The van der Waals surface area contributed by atoms with E-state index in [0.29, 0.717) is 18.9 Å². The highest BCUT2D eigenvalue weighted by molar-refractivity contribution is 7.80. The van der Waals surface area contributed by atoms with Crippen LogP contribution in [0, 0.1) is 0 Å². The zero-order chi connectivity index (χ0) is 10.1. The van der Waals surface area contributed by atoms with Gasteiger partial charge >= 0.3 is 0 Å². The number of aliphatic hydroxyl groups excluding tert-OH is 1. The average Bonchev–Trinajstić information content (AvgIpc) is 2.14. The third-order valence-electron chi connectivity index (χ3n) is 1.70. The van der Waals surface area contributed by atoms with Crippen molar-refractivity contribution in [2.45, 2.75) is 0 Å². The molecule has 0 saturated carbocycles. The van der Waals surface area contributed by atoms with E-state index in [4.69, 9.17) is 9.84 Å². The highest BCUT2D eigenvalue weighted by Crippen LogP contribution is 1.98. The monoisotopic (exact) mass is 205 g/mol. The minimum absolute atomic E-state index is 0.170. The number of aliphatic hydroxyl groups is 1. The summed E-state index contributed by atoms with van der Waals surface area (Å²) >= 11 is 4.13. The molecule has 0 aliphatic heterocycles. The highest BCUT2D eigenvalue weighted by atomic mass is 32.1. The van der Waals surface area contributed by atoms with Gasteiger partial charge in [0, 0.05) is 32.5 Å². The lowest BCUT2D eigenvalue weighted by Crippen LogP contribution is -2.32. The van der Waals surface area contributed by atoms with Crippen LogP contribution in [0.15, 0.2) is 12.2 Å². The molecular weight excluding hydrogens is 186 g/mol. The molecule has 0 bridgehead atoms. The molecule has 0 spiro atoms. The van der Waals surface area contributed by atoms with Crippen molar-refractivity contribution in [1.82, 2.24) is 4.90 Å². The summed E-state index contributed by atoms with van der Waals surface area (Å²) in [5.74, 6) is 0.689. The van der Waals surface area contributed by atoms with Crippen LogP contribution in [0.4, 0.5) is 0 Å². The topological polar surface area (TPSA) is 32.7 Å². The Labute approximate surface area is 85.8 Å². The van der Waals surface area contributed by atoms with Crippen molar-refractivity contribution in [1.29, 1.82) is 0 Å². The Bertz CT molecular complexity index is 142. The predicted molar refractivity (Wildman–Crippen MR) is 58.4 cm³/mol. The van der Waals surface area contributed by atoms with E-state index in [-0.39, 0.29) is 6.61 Å². The molecule has 0 amide bonds. The molecular formula is C9H19NO2S. The second-order valence-electron chi connectivity index (χ2n) is 2.90. The third kappa shape index (κ3) is 7.07. The van der Waals surface area contributed by atoms with Crippen LogP contribution in [-0.4, -0.2) is 55.7 Å². The van der Waals surface area contributed by atoms with Crippen molar-refractivity contribution in [3.05, 3.63) is 12.2 Å². The quantitative estimate of drug-likeness (QED) is 0.445. The second kappa shape index (κ2) is 8.56. The van der Waals surface area contributed by atoms with Gasteiger partial charge in [-0.3, -0.25) is 4.90 Å². The van der Waals surface area contributed by atoms with Gasteiger partial charge in [-0.25, -0.2) is 0 Å². The normalized spacial score (nSPS) is 10.8. The van der Waals surface area contributed by atoms with Crippen molar-refractivity contribution >= 4 is 12.6 Å². The van der Waals surface area contributed by atoms with E-state index in [1.165, 1.54) is 0 Å². The van der Waals surface area contributed by atoms with E-state index >= 15 is 0 Å².